The summed E-state index contributed by atoms with van der Waals surface area (Å²) >= 11 is -2.04. The zero-order chi connectivity index (χ0) is 26.2. The van der Waals surface area contributed by atoms with Gasteiger partial charge in [-0.1, -0.05) is 0 Å². The van der Waals surface area contributed by atoms with Gasteiger partial charge in [0.1, 0.15) is 0 Å². The number of hydrogen-bond acceptors (Lipinski definition) is 2. The number of hydrogen-bond donors (Lipinski definition) is 0. The normalized spacial score (nSPS) is 13.9. The van der Waals surface area contributed by atoms with Crippen LogP contribution in [0.1, 0.15) is 107 Å². The second kappa shape index (κ2) is 11.9. The molecule has 1 radical (unpaired) electrons. The maximum Gasteiger partial charge on any atom is -0.412 e. The largest absolute Gasteiger partial charge is 0.412 e. The zero-order valence-electron chi connectivity index (χ0n) is 25.6. The Kier molecular flexibility index (Phi) is 11.9. The number of benzene rings is 1. The maximum atomic E-state index is 7.09. The van der Waals surface area contributed by atoms with E-state index < -0.39 is 22.8 Å². The molecule has 0 spiro atoms. The molecule has 0 aliphatic rings. The summed E-state index contributed by atoms with van der Waals surface area (Å²) in [7, 11) is -1.31. The molecule has 1 aromatic rings. The molecule has 0 saturated carbocycles. The van der Waals surface area contributed by atoms with Crippen LogP contribution in [0.5, 0.6) is 0 Å². The van der Waals surface area contributed by atoms with Crippen molar-refractivity contribution in [2.75, 3.05) is 0 Å². The Balaban J connectivity index is 0.0000109. The van der Waals surface area contributed by atoms with E-state index in [-0.39, 0.29) is 21.9 Å². The Morgan fingerprint density at radius 1 is 0.824 bits per heavy atom. The van der Waals surface area contributed by atoms with Crippen LogP contribution < -0.4 is 4.40 Å². The van der Waals surface area contributed by atoms with Gasteiger partial charge in [-0.05, 0) is 0 Å². The summed E-state index contributed by atoms with van der Waals surface area (Å²) in [4.78, 5) is 3.96. The first-order valence-electron chi connectivity index (χ1n) is 13.0. The molecule has 0 heterocycles. The molecule has 0 saturated heterocycles. The molecule has 199 valence electrons. The fourth-order valence-corrected chi connectivity index (χ4v) is 17.6. The minimum Gasteiger partial charge on any atom is -0.412 e. The molecule has 0 aliphatic carbocycles. The molecule has 2 N–H and O–H groups in total. The summed E-state index contributed by atoms with van der Waals surface area (Å²) < 4.78 is 8.71. The summed E-state index contributed by atoms with van der Waals surface area (Å²) in [5.74, 6) is 0. The van der Waals surface area contributed by atoms with E-state index in [0.717, 1.165) is 6.54 Å². The topological polar surface area (TPSA) is 44.0 Å². The fraction of sp³-hybridized carbons (Fsp3) is 0.793. The smallest absolute Gasteiger partial charge is 0.412 e. The van der Waals surface area contributed by atoms with E-state index in [1.54, 1.807) is 4.40 Å². The van der Waals surface area contributed by atoms with E-state index >= 15 is 0 Å². The van der Waals surface area contributed by atoms with Gasteiger partial charge in [0.05, 0.1) is 0 Å². The van der Waals surface area contributed by atoms with E-state index in [1.165, 1.54) is 21.6 Å². The van der Waals surface area contributed by atoms with Crippen molar-refractivity contribution in [2.45, 2.75) is 150 Å². The first kappa shape index (κ1) is 33.9. The Hall–Kier alpha value is -0.140. The molecule has 0 bridgehead atoms. The van der Waals surface area contributed by atoms with Gasteiger partial charge in [0, 0.05) is 0 Å². The van der Waals surface area contributed by atoms with Crippen LogP contribution in [0.2, 0.25) is 24.5 Å². The van der Waals surface area contributed by atoms with Gasteiger partial charge in [0.15, 0.2) is 0 Å². The van der Waals surface area contributed by atoms with Gasteiger partial charge in [0.2, 0.25) is 0 Å². The summed E-state index contributed by atoms with van der Waals surface area (Å²) in [6.07, 6.45) is 0. The molecule has 0 aliphatic heterocycles. The molecule has 1 aromatic carbocycles. The van der Waals surface area contributed by atoms with Crippen molar-refractivity contribution in [3.05, 3.63) is 28.8 Å². The van der Waals surface area contributed by atoms with Crippen LogP contribution in [0.25, 0.3) is 0 Å². The maximum absolute atomic E-state index is 7.09. The van der Waals surface area contributed by atoms with E-state index in [4.69, 9.17) is 3.76 Å². The van der Waals surface area contributed by atoms with Crippen molar-refractivity contribution in [2.24, 2.45) is 0 Å². The van der Waals surface area contributed by atoms with Crippen LogP contribution in [0.4, 0.5) is 0 Å². The van der Waals surface area contributed by atoms with Crippen molar-refractivity contribution in [1.82, 2.24) is 4.90 Å². The molecule has 1 rings (SSSR count). The molecule has 0 amide bonds. The standard InChI is InChI=1S/C29H56GeNOSi.H2O/c1-21(2)31(22(3)4)19-23-17-24(27(5,6)7)18-25(28(8,9)10)26(23)30(20-33(14,15)16)32-29(11,12)13;/h17-18,21-22H,19-20H2,1-16H3;1H2. The summed E-state index contributed by atoms with van der Waals surface area (Å²) in [5.41, 5.74) is 4.63. The second-order valence-corrected chi connectivity index (χ2v) is 25.7. The molecule has 34 heavy (non-hydrogen) atoms. The minimum atomic E-state index is -2.04. The van der Waals surface area contributed by atoms with Gasteiger partial charge >= 0.3 is 214 Å². The van der Waals surface area contributed by atoms with Gasteiger partial charge in [-0.25, -0.2) is 0 Å². The predicted molar refractivity (Wildman–Crippen MR) is 158 cm³/mol. The monoisotopic (exact) mass is 554 g/mol. The second-order valence-electron chi connectivity index (χ2n) is 14.8. The molecule has 0 fully saturated rings. The molecule has 0 atom stereocenters. The number of nitrogens with zero attached hydrogens (tertiary/aromatic N) is 1. The van der Waals surface area contributed by atoms with Crippen LogP contribution in [-0.4, -0.2) is 50.8 Å². The first-order chi connectivity index (χ1) is 14.5. The average Bonchev–Trinajstić information content (AvgIpc) is 2.53. The van der Waals surface area contributed by atoms with Crippen LogP contribution in [0, 0.1) is 0 Å². The van der Waals surface area contributed by atoms with Crippen molar-refractivity contribution in [1.29, 1.82) is 0 Å². The molecule has 0 unspecified atom stereocenters. The van der Waals surface area contributed by atoms with E-state index in [1.807, 2.05) is 0 Å². The third-order valence-corrected chi connectivity index (χ3v) is 20.3. The Morgan fingerprint density at radius 2 is 1.29 bits per heavy atom. The molecular weight excluding hydrogens is 495 g/mol. The van der Waals surface area contributed by atoms with Gasteiger partial charge < -0.3 is 5.48 Å². The van der Waals surface area contributed by atoms with Crippen LogP contribution in [-0.2, 0) is 21.1 Å². The van der Waals surface area contributed by atoms with Crippen LogP contribution >= 0.6 is 0 Å². The van der Waals surface area contributed by atoms with E-state index in [2.05, 4.69) is 127 Å². The quantitative estimate of drug-likeness (QED) is 0.327. The molecule has 5 heteroatoms. The van der Waals surface area contributed by atoms with Gasteiger partial charge in [-0.3, -0.25) is 0 Å². The third kappa shape index (κ3) is 10.5. The van der Waals surface area contributed by atoms with Gasteiger partial charge in [0.25, 0.3) is 0 Å². The van der Waals surface area contributed by atoms with Crippen molar-refractivity contribution in [3.8, 4) is 0 Å². The van der Waals surface area contributed by atoms with Crippen molar-refractivity contribution >= 4 is 27.2 Å². The van der Waals surface area contributed by atoms with Crippen LogP contribution in [0.15, 0.2) is 12.1 Å². The Morgan fingerprint density at radius 3 is 1.62 bits per heavy atom. The fourth-order valence-electron chi connectivity index (χ4n) is 4.37. The molecule has 3 nitrogen and oxygen atoms in total. The Labute approximate surface area is 219 Å². The van der Waals surface area contributed by atoms with Gasteiger partial charge in [-0.2, -0.15) is 0 Å². The molecular formula is C29H58GeNO2Si. The predicted octanol–water partition coefficient (Wildman–Crippen LogP) is 6.97. The van der Waals surface area contributed by atoms with Gasteiger partial charge in [-0.15, -0.1) is 0 Å². The third-order valence-electron chi connectivity index (χ3n) is 5.97. The van der Waals surface area contributed by atoms with E-state index in [9.17, 15) is 0 Å². The Bertz CT molecular complexity index is 754. The van der Waals surface area contributed by atoms with E-state index in [0.29, 0.717) is 12.1 Å². The first-order valence-corrected chi connectivity index (χ1v) is 20.1. The summed E-state index contributed by atoms with van der Waals surface area (Å²) in [6.45, 7) is 38.9. The van der Waals surface area contributed by atoms with Crippen molar-refractivity contribution in [3.63, 3.8) is 0 Å². The van der Waals surface area contributed by atoms with Crippen molar-refractivity contribution < 1.29 is 9.24 Å². The SMILES string of the molecule is CC(C)N(Cc1cc(C(C)(C)C)cc(C(C)(C)C)[c]1[Ge]([CH2][Si](C)(C)C)[O]C(C)(C)C)C(C)C.O. The zero-order valence-corrected chi connectivity index (χ0v) is 28.7. The summed E-state index contributed by atoms with van der Waals surface area (Å²) in [6, 6.07) is 6.11. The average molecular weight is 553 g/mol. The molecule has 0 aromatic heterocycles. The summed E-state index contributed by atoms with van der Waals surface area (Å²) in [5, 5.41) is 0. The minimum absolute atomic E-state index is 0. The van der Waals surface area contributed by atoms with Crippen LogP contribution in [0.3, 0.4) is 0 Å². The number of rotatable bonds is 8.